The predicted molar refractivity (Wildman–Crippen MR) is 253 cm³/mol. The van der Waals surface area contributed by atoms with E-state index in [-0.39, 0.29) is 38.1 Å². The second-order valence-corrected chi connectivity index (χ2v) is 16.8. The molecule has 0 fully saturated rings. The third-order valence-electron chi connectivity index (χ3n) is 12.0. The van der Waals surface area contributed by atoms with E-state index in [1.165, 1.54) is 5.06 Å². The van der Waals surface area contributed by atoms with Crippen LogP contribution in [-0.4, -0.2) is 70.5 Å². The van der Waals surface area contributed by atoms with Gasteiger partial charge in [-0.3, -0.25) is 14.4 Å². The summed E-state index contributed by atoms with van der Waals surface area (Å²) < 4.78 is 0. The minimum Gasteiger partial charge on any atom is -0.480 e. The van der Waals surface area contributed by atoms with Gasteiger partial charge in [-0.25, -0.2) is 9.59 Å². The molecule has 0 aliphatic carbocycles. The fourth-order valence-electron chi connectivity index (χ4n) is 8.32. The van der Waals surface area contributed by atoms with Crippen molar-refractivity contribution in [2.75, 3.05) is 6.54 Å². The standard InChI is InChI=1S/C54H55N5O7/c1-35-28-44(50(60)56-27-26-37-22-24-41(25-23-37)40-18-10-5-11-19-40)29-36(2)45(35)33-46(55)54(65)66-59-34-43-21-13-12-20-42(43)32-49(59)52(62)57-47(30-38-14-6-3-7-15-38)51(61)58-48(53(63)64)31-39-16-8-4-9-17-39/h3-25,28-29,46-49H,26-27,30-34,55H2,1-2H3,(H,56,60)(H,57,62)(H,58,61)(H,63,64)/t46-,47-,48-,49-/m0/s1. The summed E-state index contributed by atoms with van der Waals surface area (Å²) in [5.74, 6) is -3.43. The number of nitrogens with two attached hydrogens (primary N) is 1. The summed E-state index contributed by atoms with van der Waals surface area (Å²) in [5.41, 5.74) is 16.0. The number of nitrogens with one attached hydrogen (secondary N) is 3. The number of carbonyl (C=O) groups excluding carboxylic acids is 4. The first kappa shape index (κ1) is 46.6. The number of hydroxylamine groups is 2. The summed E-state index contributed by atoms with van der Waals surface area (Å²) in [6.07, 6.45) is 1.07. The Morgan fingerprint density at radius 3 is 1.82 bits per heavy atom. The summed E-state index contributed by atoms with van der Waals surface area (Å²) >= 11 is 0. The summed E-state index contributed by atoms with van der Waals surface area (Å²) in [6.45, 7) is 4.29. The molecule has 1 aliphatic rings. The molecule has 0 spiro atoms. The lowest BCUT2D eigenvalue weighted by Crippen LogP contribution is -2.58. The fourth-order valence-corrected chi connectivity index (χ4v) is 8.32. The molecule has 7 rings (SSSR count). The molecule has 66 heavy (non-hydrogen) atoms. The zero-order valence-corrected chi connectivity index (χ0v) is 37.1. The molecule has 1 heterocycles. The maximum Gasteiger partial charge on any atom is 0.342 e. The van der Waals surface area contributed by atoms with Crippen molar-refractivity contribution in [1.82, 2.24) is 21.0 Å². The van der Waals surface area contributed by atoms with Gasteiger partial charge in [0, 0.05) is 31.4 Å². The lowest BCUT2D eigenvalue weighted by Gasteiger charge is -2.35. The third-order valence-corrected chi connectivity index (χ3v) is 12.0. The second-order valence-electron chi connectivity index (χ2n) is 16.8. The Labute approximate surface area is 385 Å². The van der Waals surface area contributed by atoms with Crippen LogP contribution in [0.3, 0.4) is 0 Å². The van der Waals surface area contributed by atoms with Crippen LogP contribution in [0.25, 0.3) is 11.1 Å². The van der Waals surface area contributed by atoms with Gasteiger partial charge in [0.2, 0.25) is 11.8 Å². The average molecular weight is 886 g/mol. The van der Waals surface area contributed by atoms with E-state index < -0.39 is 47.9 Å². The van der Waals surface area contributed by atoms with E-state index in [2.05, 4.69) is 52.3 Å². The number of aliphatic carboxylic acids is 1. The van der Waals surface area contributed by atoms with Gasteiger partial charge in [-0.05, 0) is 94.5 Å². The second kappa shape index (κ2) is 22.0. The fraction of sp³-hybridized carbons (Fsp3) is 0.241. The smallest absolute Gasteiger partial charge is 0.342 e. The number of fused-ring (bicyclic) bond motifs is 1. The van der Waals surface area contributed by atoms with Gasteiger partial charge in [-0.2, -0.15) is 0 Å². The molecule has 1 aliphatic heterocycles. The molecule has 0 saturated carbocycles. The number of hydrogen-bond acceptors (Lipinski definition) is 8. The van der Waals surface area contributed by atoms with Crippen LogP contribution in [0, 0.1) is 13.8 Å². The van der Waals surface area contributed by atoms with E-state index in [9.17, 15) is 29.1 Å². The zero-order chi connectivity index (χ0) is 46.6. The van der Waals surface area contributed by atoms with Crippen molar-refractivity contribution < 1.29 is 33.9 Å². The molecule has 0 bridgehead atoms. The maximum absolute atomic E-state index is 14.3. The summed E-state index contributed by atoms with van der Waals surface area (Å²) in [5, 5.41) is 19.9. The van der Waals surface area contributed by atoms with Gasteiger partial charge in [0.15, 0.2) is 0 Å². The van der Waals surface area contributed by atoms with Crippen molar-refractivity contribution in [3.63, 3.8) is 0 Å². The number of carboxylic acids is 1. The number of carboxylic acid groups (broad SMARTS) is 1. The molecule has 0 radical (unpaired) electrons. The number of rotatable bonds is 18. The Morgan fingerprint density at radius 2 is 1.21 bits per heavy atom. The Morgan fingerprint density at radius 1 is 0.667 bits per heavy atom. The number of nitrogens with zero attached hydrogens (tertiary/aromatic N) is 1. The molecule has 12 heteroatoms. The predicted octanol–water partition coefficient (Wildman–Crippen LogP) is 6.24. The van der Waals surface area contributed by atoms with E-state index in [4.69, 9.17) is 10.6 Å². The van der Waals surface area contributed by atoms with Crippen LogP contribution < -0.4 is 21.7 Å². The number of aryl methyl sites for hydroxylation is 2. The van der Waals surface area contributed by atoms with Gasteiger partial charge in [-0.1, -0.05) is 140 Å². The largest absolute Gasteiger partial charge is 0.480 e. The van der Waals surface area contributed by atoms with Crippen molar-refractivity contribution in [1.29, 1.82) is 0 Å². The van der Waals surface area contributed by atoms with Gasteiger partial charge < -0.3 is 31.6 Å². The van der Waals surface area contributed by atoms with Crippen molar-refractivity contribution in [2.45, 2.75) is 76.7 Å². The summed E-state index contributed by atoms with van der Waals surface area (Å²) in [4.78, 5) is 73.6. The highest BCUT2D eigenvalue weighted by Crippen LogP contribution is 2.26. The Kier molecular flexibility index (Phi) is 15.5. The van der Waals surface area contributed by atoms with Gasteiger partial charge in [0.05, 0.1) is 6.54 Å². The molecule has 6 aromatic carbocycles. The Bertz CT molecular complexity index is 2620. The van der Waals surface area contributed by atoms with Crippen molar-refractivity contribution >= 4 is 29.7 Å². The Hall–Kier alpha value is -7.41. The molecule has 4 atom stereocenters. The topological polar surface area (TPSA) is 180 Å². The maximum atomic E-state index is 14.3. The summed E-state index contributed by atoms with van der Waals surface area (Å²) in [6, 6.07) is 43.0. The van der Waals surface area contributed by atoms with Crippen molar-refractivity contribution in [3.8, 4) is 11.1 Å². The molecule has 0 aromatic heterocycles. The lowest BCUT2D eigenvalue weighted by atomic mass is 9.94. The van der Waals surface area contributed by atoms with Gasteiger partial charge >= 0.3 is 11.9 Å². The number of hydrogen-bond donors (Lipinski definition) is 5. The molecular formula is C54H55N5O7. The third kappa shape index (κ3) is 12.2. The molecule has 3 amide bonds. The van der Waals surface area contributed by atoms with Crippen LogP contribution in [0.1, 0.15) is 54.9 Å². The monoisotopic (exact) mass is 885 g/mol. The molecule has 0 saturated heterocycles. The molecule has 0 unspecified atom stereocenters. The van der Waals surface area contributed by atoms with Crippen LogP contribution in [0.4, 0.5) is 0 Å². The van der Waals surface area contributed by atoms with Crippen LogP contribution in [0.5, 0.6) is 0 Å². The molecule has 12 nitrogen and oxygen atoms in total. The first-order chi connectivity index (χ1) is 31.9. The highest BCUT2D eigenvalue weighted by atomic mass is 16.7. The number of carbonyl (C=O) groups is 5. The zero-order valence-electron chi connectivity index (χ0n) is 37.1. The molecular weight excluding hydrogens is 831 g/mol. The van der Waals surface area contributed by atoms with Gasteiger partial charge in [-0.15, -0.1) is 5.06 Å². The van der Waals surface area contributed by atoms with Crippen molar-refractivity contribution in [3.05, 3.63) is 202 Å². The number of amides is 3. The number of benzene rings is 6. The van der Waals surface area contributed by atoms with E-state index >= 15 is 0 Å². The molecule has 338 valence electrons. The molecule has 6 aromatic rings. The molecule has 6 N–H and O–H groups in total. The van der Waals surface area contributed by atoms with Crippen LogP contribution in [0.2, 0.25) is 0 Å². The van der Waals surface area contributed by atoms with Crippen LogP contribution in [-0.2, 0) is 62.7 Å². The summed E-state index contributed by atoms with van der Waals surface area (Å²) in [7, 11) is 0. The minimum atomic E-state index is -1.25. The van der Waals surface area contributed by atoms with Crippen molar-refractivity contribution in [2.24, 2.45) is 5.73 Å². The highest BCUT2D eigenvalue weighted by Gasteiger charge is 2.38. The van der Waals surface area contributed by atoms with E-state index in [1.54, 1.807) is 36.4 Å². The van der Waals surface area contributed by atoms with E-state index in [0.717, 1.165) is 55.6 Å². The highest BCUT2D eigenvalue weighted by molar-refractivity contribution is 5.95. The SMILES string of the molecule is Cc1cc(C(=O)NCCc2ccc(-c3ccccc3)cc2)cc(C)c1C[C@H](N)C(=O)ON1Cc2ccccc2C[C@H]1C(=O)N[C@@H](Cc1ccccc1)C(=O)N[C@@H](Cc1ccccc1)C(=O)O. The minimum absolute atomic E-state index is 0.0437. The van der Waals surface area contributed by atoms with Crippen LogP contribution in [0.15, 0.2) is 152 Å². The average Bonchev–Trinajstić information content (AvgIpc) is 3.32. The van der Waals surface area contributed by atoms with Gasteiger partial charge in [0.1, 0.15) is 24.2 Å². The van der Waals surface area contributed by atoms with E-state index in [1.807, 2.05) is 92.7 Å². The quantitative estimate of drug-likeness (QED) is 0.0669. The van der Waals surface area contributed by atoms with E-state index in [0.29, 0.717) is 18.5 Å². The van der Waals surface area contributed by atoms with Crippen LogP contribution >= 0.6 is 0 Å². The normalized spacial score (nSPS) is 14.7. The first-order valence-corrected chi connectivity index (χ1v) is 22.2. The lowest BCUT2D eigenvalue weighted by molar-refractivity contribution is -0.210. The first-order valence-electron chi connectivity index (χ1n) is 22.2. The van der Waals surface area contributed by atoms with Gasteiger partial charge in [0.25, 0.3) is 5.91 Å². The Balaban J connectivity index is 0.999.